The SMILES string of the molecule is Cc1ccc(Cl)cc1-n1c(C)cc(C=C2C(=O)NC(=S)N(c3cccc(C(=O)O)c3)C2=O)c1C. The number of halogens is 1. The van der Waals surface area contributed by atoms with Gasteiger partial charge in [0.05, 0.1) is 11.3 Å². The van der Waals surface area contributed by atoms with Gasteiger partial charge >= 0.3 is 5.97 Å². The zero-order chi connectivity index (χ0) is 24.7. The minimum atomic E-state index is -1.14. The first-order valence-electron chi connectivity index (χ1n) is 10.3. The van der Waals surface area contributed by atoms with E-state index in [0.717, 1.165) is 27.5 Å². The van der Waals surface area contributed by atoms with Crippen LogP contribution >= 0.6 is 23.8 Å². The number of anilines is 1. The third-order valence-electron chi connectivity index (χ3n) is 5.64. The maximum atomic E-state index is 13.3. The molecule has 34 heavy (non-hydrogen) atoms. The van der Waals surface area contributed by atoms with Gasteiger partial charge < -0.3 is 9.67 Å². The van der Waals surface area contributed by atoms with E-state index in [1.54, 1.807) is 6.07 Å². The molecule has 2 amide bonds. The van der Waals surface area contributed by atoms with Gasteiger partial charge in [-0.15, -0.1) is 0 Å². The molecule has 9 heteroatoms. The van der Waals surface area contributed by atoms with Crippen molar-refractivity contribution in [2.24, 2.45) is 0 Å². The van der Waals surface area contributed by atoms with E-state index < -0.39 is 17.8 Å². The van der Waals surface area contributed by atoms with Crippen molar-refractivity contribution in [1.29, 1.82) is 0 Å². The molecule has 1 aliphatic heterocycles. The van der Waals surface area contributed by atoms with Crippen LogP contribution in [0.5, 0.6) is 0 Å². The first kappa shape index (κ1) is 23.4. The number of nitrogens with zero attached hydrogens (tertiary/aromatic N) is 2. The molecule has 0 radical (unpaired) electrons. The molecule has 2 heterocycles. The van der Waals surface area contributed by atoms with Gasteiger partial charge in [0.15, 0.2) is 5.11 Å². The molecule has 7 nitrogen and oxygen atoms in total. The predicted octanol–water partition coefficient (Wildman–Crippen LogP) is 4.59. The number of carboxylic acid groups (broad SMARTS) is 1. The Labute approximate surface area is 206 Å². The number of aryl methyl sites for hydroxylation is 2. The zero-order valence-corrected chi connectivity index (χ0v) is 20.1. The minimum Gasteiger partial charge on any atom is -0.478 e. The number of carbonyl (C=O) groups is 3. The van der Waals surface area contributed by atoms with Crippen LogP contribution in [0.15, 0.2) is 54.1 Å². The number of nitrogens with one attached hydrogen (secondary N) is 1. The van der Waals surface area contributed by atoms with Gasteiger partial charge in [0, 0.05) is 22.1 Å². The summed E-state index contributed by atoms with van der Waals surface area (Å²) in [6, 6.07) is 13.3. The molecule has 4 rings (SSSR count). The van der Waals surface area contributed by atoms with Gasteiger partial charge in [-0.2, -0.15) is 0 Å². The average molecular weight is 494 g/mol. The van der Waals surface area contributed by atoms with Crippen LogP contribution in [-0.2, 0) is 9.59 Å². The highest BCUT2D eigenvalue weighted by molar-refractivity contribution is 7.80. The molecule has 0 atom stereocenters. The van der Waals surface area contributed by atoms with Crippen LogP contribution in [0, 0.1) is 20.8 Å². The summed E-state index contributed by atoms with van der Waals surface area (Å²) in [7, 11) is 0. The second kappa shape index (κ2) is 8.89. The number of aromatic carboxylic acids is 1. The molecule has 172 valence electrons. The van der Waals surface area contributed by atoms with E-state index in [2.05, 4.69) is 5.32 Å². The monoisotopic (exact) mass is 493 g/mol. The fourth-order valence-electron chi connectivity index (χ4n) is 3.95. The highest BCUT2D eigenvalue weighted by atomic mass is 35.5. The van der Waals surface area contributed by atoms with E-state index in [4.69, 9.17) is 23.8 Å². The summed E-state index contributed by atoms with van der Waals surface area (Å²) in [5, 5.41) is 12.3. The highest BCUT2D eigenvalue weighted by Crippen LogP contribution is 2.28. The Morgan fingerprint density at radius 1 is 1.09 bits per heavy atom. The number of hydrogen-bond acceptors (Lipinski definition) is 4. The number of carboxylic acids is 1. The lowest BCUT2D eigenvalue weighted by Gasteiger charge is -2.29. The number of hydrogen-bond donors (Lipinski definition) is 2. The van der Waals surface area contributed by atoms with Crippen molar-refractivity contribution in [3.63, 3.8) is 0 Å². The summed E-state index contributed by atoms with van der Waals surface area (Å²) in [6.45, 7) is 5.80. The highest BCUT2D eigenvalue weighted by Gasteiger charge is 2.35. The summed E-state index contributed by atoms with van der Waals surface area (Å²) in [6.07, 6.45) is 1.52. The number of carbonyl (C=O) groups excluding carboxylic acids is 2. The second-order valence-corrected chi connectivity index (χ2v) is 8.73. The standard InChI is InChI=1S/C25H20ClN3O4S/c1-13-7-8-18(26)12-21(13)28-14(2)9-17(15(28)3)11-20-22(30)27-25(34)29(23(20)31)19-6-4-5-16(10-19)24(32)33/h4-12H,1-3H3,(H,32,33)(H,27,30,34). The Bertz CT molecular complexity index is 1420. The molecule has 0 spiro atoms. The summed E-state index contributed by atoms with van der Waals surface area (Å²) >= 11 is 11.4. The van der Waals surface area contributed by atoms with Crippen molar-refractivity contribution >= 4 is 58.5 Å². The van der Waals surface area contributed by atoms with Gasteiger partial charge in [0.1, 0.15) is 5.57 Å². The van der Waals surface area contributed by atoms with Gasteiger partial charge in [0.25, 0.3) is 11.8 Å². The summed E-state index contributed by atoms with van der Waals surface area (Å²) in [5.41, 5.74) is 4.46. The molecule has 0 aliphatic carbocycles. The van der Waals surface area contributed by atoms with Crippen molar-refractivity contribution in [1.82, 2.24) is 9.88 Å². The van der Waals surface area contributed by atoms with Gasteiger partial charge in [-0.3, -0.25) is 19.8 Å². The van der Waals surface area contributed by atoms with Crippen molar-refractivity contribution in [3.05, 3.63) is 87.2 Å². The smallest absolute Gasteiger partial charge is 0.335 e. The quantitative estimate of drug-likeness (QED) is 0.315. The fraction of sp³-hybridized carbons (Fsp3) is 0.120. The van der Waals surface area contributed by atoms with Crippen molar-refractivity contribution < 1.29 is 19.5 Å². The lowest BCUT2D eigenvalue weighted by molar-refractivity contribution is -0.122. The third-order valence-corrected chi connectivity index (χ3v) is 6.15. The minimum absolute atomic E-state index is 0.00373. The zero-order valence-electron chi connectivity index (χ0n) is 18.5. The van der Waals surface area contributed by atoms with Crippen molar-refractivity contribution in [2.45, 2.75) is 20.8 Å². The van der Waals surface area contributed by atoms with Crippen molar-refractivity contribution in [2.75, 3.05) is 4.90 Å². The van der Waals surface area contributed by atoms with E-state index in [1.807, 2.05) is 49.6 Å². The molecule has 2 aromatic carbocycles. The Balaban J connectivity index is 1.79. The molecule has 1 saturated heterocycles. The number of thiocarbonyl (C=S) groups is 1. The third kappa shape index (κ3) is 4.13. The van der Waals surface area contributed by atoms with Crippen LogP contribution in [0.25, 0.3) is 11.8 Å². The average Bonchev–Trinajstić information content (AvgIpc) is 3.05. The number of aromatic nitrogens is 1. The van der Waals surface area contributed by atoms with E-state index in [1.165, 1.54) is 24.3 Å². The molecular formula is C25H20ClN3O4S. The lowest BCUT2D eigenvalue weighted by Crippen LogP contribution is -2.54. The molecule has 0 unspecified atom stereocenters. The normalized spacial score (nSPS) is 15.1. The maximum absolute atomic E-state index is 13.3. The van der Waals surface area contributed by atoms with E-state index in [9.17, 15) is 19.5 Å². The Morgan fingerprint density at radius 2 is 1.82 bits per heavy atom. The van der Waals surface area contributed by atoms with E-state index >= 15 is 0 Å². The second-order valence-electron chi connectivity index (χ2n) is 7.91. The van der Waals surface area contributed by atoms with Gasteiger partial charge in [-0.1, -0.05) is 23.7 Å². The largest absolute Gasteiger partial charge is 0.478 e. The molecular weight excluding hydrogens is 474 g/mol. The predicted molar refractivity (Wildman–Crippen MR) is 135 cm³/mol. The van der Waals surface area contributed by atoms with E-state index in [0.29, 0.717) is 10.6 Å². The molecule has 0 saturated carbocycles. The fourth-order valence-corrected chi connectivity index (χ4v) is 4.40. The van der Waals surface area contributed by atoms with Crippen LogP contribution in [0.3, 0.4) is 0 Å². The summed E-state index contributed by atoms with van der Waals surface area (Å²) < 4.78 is 2.01. The van der Waals surface area contributed by atoms with Gasteiger partial charge in [-0.05, 0) is 86.6 Å². The van der Waals surface area contributed by atoms with Crippen LogP contribution in [0.1, 0.15) is 32.9 Å². The first-order valence-corrected chi connectivity index (χ1v) is 11.1. The van der Waals surface area contributed by atoms with Gasteiger partial charge in [-0.25, -0.2) is 4.79 Å². The Kier molecular flexibility index (Phi) is 6.12. The van der Waals surface area contributed by atoms with Crippen LogP contribution < -0.4 is 10.2 Å². The molecule has 1 aliphatic rings. The molecule has 0 bridgehead atoms. The number of benzene rings is 2. The lowest BCUT2D eigenvalue weighted by atomic mass is 10.1. The van der Waals surface area contributed by atoms with Gasteiger partial charge in [0.2, 0.25) is 0 Å². The number of rotatable bonds is 4. The van der Waals surface area contributed by atoms with Crippen LogP contribution in [-0.4, -0.2) is 32.6 Å². The van der Waals surface area contributed by atoms with Crippen LogP contribution in [0.2, 0.25) is 5.02 Å². The first-order chi connectivity index (χ1) is 16.1. The molecule has 1 aromatic heterocycles. The molecule has 2 N–H and O–H groups in total. The molecule has 3 aromatic rings. The Hall–Kier alpha value is -3.75. The Morgan fingerprint density at radius 3 is 2.53 bits per heavy atom. The topological polar surface area (TPSA) is 91.6 Å². The summed E-state index contributed by atoms with van der Waals surface area (Å²) in [4.78, 5) is 38.5. The van der Waals surface area contributed by atoms with Crippen molar-refractivity contribution in [3.8, 4) is 5.69 Å². The van der Waals surface area contributed by atoms with E-state index in [-0.39, 0.29) is 21.9 Å². The molecule has 1 fully saturated rings. The maximum Gasteiger partial charge on any atom is 0.335 e. The van der Waals surface area contributed by atoms with Crippen LogP contribution in [0.4, 0.5) is 5.69 Å². The summed E-state index contributed by atoms with van der Waals surface area (Å²) in [5.74, 6) is -2.40. The number of amides is 2.